The van der Waals surface area contributed by atoms with E-state index in [2.05, 4.69) is 10.1 Å². The Hall–Kier alpha value is -1.72. The Bertz CT molecular complexity index is 586. The molecule has 1 atom stereocenters. The Labute approximate surface area is 124 Å². The van der Waals surface area contributed by atoms with E-state index in [1.54, 1.807) is 0 Å². The van der Waals surface area contributed by atoms with E-state index < -0.39 is 5.60 Å². The largest absolute Gasteiger partial charge is 0.367 e. The number of hydrogen-bond acceptors (Lipinski definition) is 5. The summed E-state index contributed by atoms with van der Waals surface area (Å²) in [4.78, 5) is 4.52. The van der Waals surface area contributed by atoms with Gasteiger partial charge in [0, 0.05) is 12.2 Å². The molecule has 0 spiro atoms. The van der Waals surface area contributed by atoms with Crippen LogP contribution in [0.2, 0.25) is 0 Å². The number of rotatable bonds is 4. The van der Waals surface area contributed by atoms with E-state index in [1.807, 2.05) is 31.2 Å². The summed E-state index contributed by atoms with van der Waals surface area (Å²) in [5.41, 5.74) is 7.27. The highest BCUT2D eigenvalue weighted by molar-refractivity contribution is 5.53. The highest BCUT2D eigenvalue weighted by atomic mass is 16.5. The molecule has 1 fully saturated rings. The summed E-state index contributed by atoms with van der Waals surface area (Å²) in [6.45, 7) is 3.44. The lowest BCUT2D eigenvalue weighted by Gasteiger charge is -2.30. The van der Waals surface area contributed by atoms with Gasteiger partial charge in [-0.2, -0.15) is 4.98 Å². The second-order valence-electron chi connectivity index (χ2n) is 5.70. The van der Waals surface area contributed by atoms with Crippen LogP contribution in [-0.2, 0) is 16.8 Å². The minimum absolute atomic E-state index is 0.417. The van der Waals surface area contributed by atoms with E-state index in [-0.39, 0.29) is 0 Å². The number of nitrogens with two attached hydrogens (primary N) is 1. The Morgan fingerprint density at radius 3 is 2.71 bits per heavy atom. The Morgan fingerprint density at radius 2 is 2.05 bits per heavy atom. The first kappa shape index (κ1) is 14.2. The van der Waals surface area contributed by atoms with Gasteiger partial charge < -0.3 is 15.0 Å². The number of nitrogens with zero attached hydrogens (tertiary/aromatic N) is 2. The van der Waals surface area contributed by atoms with Gasteiger partial charge in [0.05, 0.1) is 0 Å². The van der Waals surface area contributed by atoms with Gasteiger partial charge in [-0.1, -0.05) is 17.3 Å². The fourth-order valence-corrected chi connectivity index (χ4v) is 2.65. The summed E-state index contributed by atoms with van der Waals surface area (Å²) in [7, 11) is 0. The van der Waals surface area contributed by atoms with E-state index in [9.17, 15) is 0 Å². The first-order valence-corrected chi connectivity index (χ1v) is 7.49. The normalized spacial score (nSPS) is 22.4. The van der Waals surface area contributed by atoms with Crippen molar-refractivity contribution in [3.05, 3.63) is 35.7 Å². The smallest absolute Gasteiger partial charge is 0.258 e. The molecule has 1 aliphatic rings. The van der Waals surface area contributed by atoms with Crippen LogP contribution in [-0.4, -0.2) is 23.3 Å². The lowest BCUT2D eigenvalue weighted by Crippen LogP contribution is -2.31. The highest BCUT2D eigenvalue weighted by Crippen LogP contribution is 2.33. The zero-order valence-electron chi connectivity index (χ0n) is 12.3. The van der Waals surface area contributed by atoms with E-state index in [0.717, 1.165) is 37.9 Å². The van der Waals surface area contributed by atoms with Crippen LogP contribution in [0.5, 0.6) is 0 Å². The maximum absolute atomic E-state index is 5.85. The SMILES string of the molecule is CC1(c2noc(-c3ccc(CCN)cc3)n2)CCCCO1. The van der Waals surface area contributed by atoms with Crippen molar-refractivity contribution >= 4 is 0 Å². The average molecular weight is 287 g/mol. The lowest BCUT2D eigenvalue weighted by molar-refractivity contribution is -0.0770. The fraction of sp³-hybridized carbons (Fsp3) is 0.500. The Kier molecular flexibility index (Phi) is 4.03. The van der Waals surface area contributed by atoms with Gasteiger partial charge in [-0.05, 0) is 56.8 Å². The minimum atomic E-state index is -0.417. The average Bonchev–Trinajstić information content (AvgIpc) is 3.00. The van der Waals surface area contributed by atoms with Gasteiger partial charge in [-0.15, -0.1) is 0 Å². The van der Waals surface area contributed by atoms with Crippen molar-refractivity contribution in [2.45, 2.75) is 38.2 Å². The monoisotopic (exact) mass is 287 g/mol. The molecule has 0 saturated carbocycles. The van der Waals surface area contributed by atoms with Gasteiger partial charge in [0.25, 0.3) is 5.89 Å². The topological polar surface area (TPSA) is 74.2 Å². The summed E-state index contributed by atoms with van der Waals surface area (Å²) in [6, 6.07) is 8.08. The van der Waals surface area contributed by atoms with Crippen LogP contribution in [0.25, 0.3) is 11.5 Å². The highest BCUT2D eigenvalue weighted by Gasteiger charge is 2.35. The molecule has 1 saturated heterocycles. The van der Waals surface area contributed by atoms with E-state index in [1.165, 1.54) is 5.56 Å². The van der Waals surface area contributed by atoms with Crippen molar-refractivity contribution < 1.29 is 9.26 Å². The molecule has 1 aliphatic heterocycles. The predicted molar refractivity (Wildman–Crippen MR) is 79.6 cm³/mol. The van der Waals surface area contributed by atoms with Gasteiger partial charge in [0.2, 0.25) is 5.82 Å². The van der Waals surface area contributed by atoms with Crippen molar-refractivity contribution in [3.8, 4) is 11.5 Å². The molecule has 0 amide bonds. The molecule has 0 bridgehead atoms. The van der Waals surface area contributed by atoms with Crippen LogP contribution in [0.3, 0.4) is 0 Å². The molecule has 1 unspecified atom stereocenters. The molecule has 1 aromatic carbocycles. The summed E-state index contributed by atoms with van der Waals surface area (Å²) < 4.78 is 11.3. The molecule has 5 nitrogen and oxygen atoms in total. The molecule has 21 heavy (non-hydrogen) atoms. The number of aromatic nitrogens is 2. The third-order valence-electron chi connectivity index (χ3n) is 4.00. The quantitative estimate of drug-likeness (QED) is 0.935. The molecule has 0 aliphatic carbocycles. The van der Waals surface area contributed by atoms with Crippen LogP contribution in [0, 0.1) is 0 Å². The third-order valence-corrected chi connectivity index (χ3v) is 4.00. The van der Waals surface area contributed by atoms with Crippen LogP contribution in [0.15, 0.2) is 28.8 Å². The summed E-state index contributed by atoms with van der Waals surface area (Å²) in [5.74, 6) is 1.18. The number of hydrogen-bond donors (Lipinski definition) is 1. The molecule has 2 N–H and O–H groups in total. The predicted octanol–water partition coefficient (Wildman–Crippen LogP) is 2.65. The molecule has 0 radical (unpaired) electrons. The molecule has 2 aromatic rings. The molecule has 112 valence electrons. The lowest BCUT2D eigenvalue weighted by atomic mass is 9.95. The van der Waals surface area contributed by atoms with Gasteiger partial charge in [0.15, 0.2) is 0 Å². The van der Waals surface area contributed by atoms with E-state index in [0.29, 0.717) is 18.3 Å². The van der Waals surface area contributed by atoms with Gasteiger partial charge >= 0.3 is 0 Å². The number of ether oxygens (including phenoxy) is 1. The van der Waals surface area contributed by atoms with Crippen LogP contribution in [0.4, 0.5) is 0 Å². The first-order chi connectivity index (χ1) is 10.2. The summed E-state index contributed by atoms with van der Waals surface area (Å²) >= 11 is 0. The Balaban J connectivity index is 1.80. The second kappa shape index (κ2) is 5.95. The zero-order chi connectivity index (χ0) is 14.7. The molecular weight excluding hydrogens is 266 g/mol. The van der Waals surface area contributed by atoms with Crippen molar-refractivity contribution in [3.63, 3.8) is 0 Å². The van der Waals surface area contributed by atoms with Crippen molar-refractivity contribution in [2.75, 3.05) is 13.2 Å². The van der Waals surface area contributed by atoms with E-state index in [4.69, 9.17) is 15.0 Å². The van der Waals surface area contributed by atoms with Crippen molar-refractivity contribution in [1.82, 2.24) is 10.1 Å². The van der Waals surface area contributed by atoms with Crippen molar-refractivity contribution in [2.24, 2.45) is 5.73 Å². The fourth-order valence-electron chi connectivity index (χ4n) is 2.65. The Morgan fingerprint density at radius 1 is 1.24 bits per heavy atom. The summed E-state index contributed by atoms with van der Waals surface area (Å²) in [5, 5.41) is 4.12. The number of benzene rings is 1. The molecular formula is C16H21N3O2. The van der Waals surface area contributed by atoms with Gasteiger partial charge in [0.1, 0.15) is 5.60 Å². The van der Waals surface area contributed by atoms with Crippen LogP contribution in [0.1, 0.15) is 37.6 Å². The molecule has 5 heteroatoms. The molecule has 3 rings (SSSR count). The zero-order valence-corrected chi connectivity index (χ0v) is 12.3. The first-order valence-electron chi connectivity index (χ1n) is 7.49. The maximum atomic E-state index is 5.85. The molecule has 1 aromatic heterocycles. The van der Waals surface area contributed by atoms with Crippen LogP contribution < -0.4 is 5.73 Å². The van der Waals surface area contributed by atoms with Crippen LogP contribution >= 0.6 is 0 Å². The van der Waals surface area contributed by atoms with E-state index >= 15 is 0 Å². The second-order valence-corrected chi connectivity index (χ2v) is 5.70. The third kappa shape index (κ3) is 2.99. The van der Waals surface area contributed by atoms with Gasteiger partial charge in [-0.3, -0.25) is 0 Å². The van der Waals surface area contributed by atoms with Crippen molar-refractivity contribution in [1.29, 1.82) is 0 Å². The minimum Gasteiger partial charge on any atom is -0.367 e. The maximum Gasteiger partial charge on any atom is 0.258 e. The summed E-state index contributed by atoms with van der Waals surface area (Å²) in [6.07, 6.45) is 4.04. The molecule has 2 heterocycles. The van der Waals surface area contributed by atoms with Gasteiger partial charge in [-0.25, -0.2) is 0 Å². The standard InChI is InChI=1S/C16H21N3O2/c1-16(9-2-3-11-20-16)15-18-14(21-19-15)13-6-4-12(5-7-13)8-10-17/h4-7H,2-3,8-11,17H2,1H3.